The van der Waals surface area contributed by atoms with E-state index < -0.39 is 0 Å². The zero-order valence-corrected chi connectivity index (χ0v) is 12.1. The molecule has 3 nitrogen and oxygen atoms in total. The van der Waals surface area contributed by atoms with Gasteiger partial charge in [0.25, 0.3) is 0 Å². The Bertz CT molecular complexity index is 517. The number of hydrogen-bond donors (Lipinski definition) is 0. The van der Waals surface area contributed by atoms with E-state index in [-0.39, 0.29) is 11.8 Å². The van der Waals surface area contributed by atoms with E-state index in [1.807, 2.05) is 49.1 Å². The van der Waals surface area contributed by atoms with Crippen molar-refractivity contribution in [3.8, 4) is 0 Å². The molecule has 0 aliphatic carbocycles. The Morgan fingerprint density at radius 1 is 1.15 bits per heavy atom. The Morgan fingerprint density at radius 2 is 1.90 bits per heavy atom. The summed E-state index contributed by atoms with van der Waals surface area (Å²) in [6, 6.07) is 14.0. The lowest BCUT2D eigenvalue weighted by molar-refractivity contribution is -0.135. The third kappa shape index (κ3) is 3.98. The van der Waals surface area contributed by atoms with Crippen LogP contribution in [0, 0.1) is 5.92 Å². The average molecular weight is 271 g/mol. The molecule has 1 heterocycles. The predicted molar refractivity (Wildman–Crippen MR) is 79.1 cm³/mol. The summed E-state index contributed by atoms with van der Waals surface area (Å²) in [6.45, 7) is 5.11. The standard InChI is InChI=1S/C17H21NO2/c1-14(2)17(19)18(13-16-9-6-12-20-16)11-10-15-7-4-3-5-8-15/h3-9,12,14H,10-11,13H2,1-2H3. The summed E-state index contributed by atoms with van der Waals surface area (Å²) in [5.74, 6) is 0.991. The van der Waals surface area contributed by atoms with Crippen LogP contribution in [0.1, 0.15) is 25.2 Å². The highest BCUT2D eigenvalue weighted by Gasteiger charge is 2.18. The Morgan fingerprint density at radius 3 is 2.50 bits per heavy atom. The van der Waals surface area contributed by atoms with Crippen molar-refractivity contribution < 1.29 is 9.21 Å². The quantitative estimate of drug-likeness (QED) is 0.805. The maximum Gasteiger partial charge on any atom is 0.225 e. The molecule has 20 heavy (non-hydrogen) atoms. The summed E-state index contributed by atoms with van der Waals surface area (Å²) in [5, 5.41) is 0. The van der Waals surface area contributed by atoms with Crippen LogP contribution < -0.4 is 0 Å². The van der Waals surface area contributed by atoms with Gasteiger partial charge in [0, 0.05) is 12.5 Å². The summed E-state index contributed by atoms with van der Waals surface area (Å²) >= 11 is 0. The van der Waals surface area contributed by atoms with Crippen molar-refractivity contribution in [1.82, 2.24) is 4.90 Å². The molecular formula is C17H21NO2. The van der Waals surface area contributed by atoms with Gasteiger partial charge in [-0.05, 0) is 24.1 Å². The molecular weight excluding hydrogens is 250 g/mol. The van der Waals surface area contributed by atoms with Gasteiger partial charge in [-0.25, -0.2) is 0 Å². The third-order valence-electron chi connectivity index (χ3n) is 3.25. The minimum Gasteiger partial charge on any atom is -0.467 e. The van der Waals surface area contributed by atoms with Gasteiger partial charge >= 0.3 is 0 Å². The summed E-state index contributed by atoms with van der Waals surface area (Å²) < 4.78 is 5.35. The molecule has 0 aliphatic heterocycles. The van der Waals surface area contributed by atoms with Gasteiger partial charge < -0.3 is 9.32 Å². The molecule has 0 saturated carbocycles. The van der Waals surface area contributed by atoms with E-state index in [0.717, 1.165) is 12.2 Å². The van der Waals surface area contributed by atoms with E-state index in [9.17, 15) is 4.79 Å². The van der Waals surface area contributed by atoms with Gasteiger partial charge in [0.05, 0.1) is 12.8 Å². The minimum absolute atomic E-state index is 0.000681. The smallest absolute Gasteiger partial charge is 0.225 e. The van der Waals surface area contributed by atoms with Gasteiger partial charge in [0.1, 0.15) is 5.76 Å². The molecule has 0 spiro atoms. The van der Waals surface area contributed by atoms with E-state index in [1.165, 1.54) is 5.56 Å². The lowest BCUT2D eigenvalue weighted by Crippen LogP contribution is -2.35. The molecule has 0 atom stereocenters. The highest BCUT2D eigenvalue weighted by atomic mass is 16.3. The van der Waals surface area contributed by atoms with Gasteiger partial charge in [0.15, 0.2) is 0 Å². The van der Waals surface area contributed by atoms with Crippen LogP contribution in [0.25, 0.3) is 0 Å². The van der Waals surface area contributed by atoms with Crippen molar-refractivity contribution in [3.05, 3.63) is 60.1 Å². The number of carbonyl (C=O) groups is 1. The second-order valence-corrected chi connectivity index (χ2v) is 5.23. The zero-order valence-electron chi connectivity index (χ0n) is 12.1. The van der Waals surface area contributed by atoms with E-state index in [1.54, 1.807) is 6.26 Å². The van der Waals surface area contributed by atoms with Gasteiger partial charge in [-0.1, -0.05) is 44.2 Å². The first-order chi connectivity index (χ1) is 9.66. The van der Waals surface area contributed by atoms with Crippen molar-refractivity contribution in [2.24, 2.45) is 5.92 Å². The lowest BCUT2D eigenvalue weighted by atomic mass is 10.1. The zero-order chi connectivity index (χ0) is 14.4. The molecule has 0 bridgehead atoms. The largest absolute Gasteiger partial charge is 0.467 e. The van der Waals surface area contributed by atoms with Crippen LogP contribution in [-0.4, -0.2) is 17.4 Å². The fourth-order valence-corrected chi connectivity index (χ4v) is 2.13. The molecule has 0 saturated heterocycles. The van der Waals surface area contributed by atoms with Crippen LogP contribution in [0.5, 0.6) is 0 Å². The molecule has 1 aromatic carbocycles. The molecule has 0 unspecified atom stereocenters. The summed E-state index contributed by atoms with van der Waals surface area (Å²) in [5.41, 5.74) is 1.24. The van der Waals surface area contributed by atoms with Crippen molar-refractivity contribution in [2.75, 3.05) is 6.54 Å². The number of rotatable bonds is 6. The van der Waals surface area contributed by atoms with Gasteiger partial charge in [-0.15, -0.1) is 0 Å². The highest BCUT2D eigenvalue weighted by molar-refractivity contribution is 5.78. The maximum absolute atomic E-state index is 12.3. The maximum atomic E-state index is 12.3. The van der Waals surface area contributed by atoms with Crippen LogP contribution in [0.3, 0.4) is 0 Å². The number of furan rings is 1. The second kappa shape index (κ2) is 6.94. The van der Waals surface area contributed by atoms with Crippen LogP contribution in [0.2, 0.25) is 0 Å². The Hall–Kier alpha value is -2.03. The van der Waals surface area contributed by atoms with Crippen molar-refractivity contribution in [3.63, 3.8) is 0 Å². The SMILES string of the molecule is CC(C)C(=O)N(CCc1ccccc1)Cc1ccco1. The first-order valence-corrected chi connectivity index (χ1v) is 7.02. The van der Waals surface area contributed by atoms with Gasteiger partial charge in [-0.3, -0.25) is 4.79 Å². The number of nitrogens with zero attached hydrogens (tertiary/aromatic N) is 1. The van der Waals surface area contributed by atoms with Gasteiger partial charge in [-0.2, -0.15) is 0 Å². The number of amides is 1. The van der Waals surface area contributed by atoms with Crippen LogP contribution in [0.15, 0.2) is 53.1 Å². The number of benzene rings is 1. The van der Waals surface area contributed by atoms with Gasteiger partial charge in [0.2, 0.25) is 5.91 Å². The molecule has 2 aromatic rings. The van der Waals surface area contributed by atoms with E-state index in [4.69, 9.17) is 4.42 Å². The van der Waals surface area contributed by atoms with Crippen molar-refractivity contribution in [1.29, 1.82) is 0 Å². The van der Waals surface area contributed by atoms with Crippen LogP contribution in [0.4, 0.5) is 0 Å². The highest BCUT2D eigenvalue weighted by Crippen LogP contribution is 2.11. The minimum atomic E-state index is 0.000681. The normalized spacial score (nSPS) is 10.8. The Balaban J connectivity index is 2.01. The molecule has 2 rings (SSSR count). The first-order valence-electron chi connectivity index (χ1n) is 7.02. The fraction of sp³-hybridized carbons (Fsp3) is 0.353. The summed E-state index contributed by atoms with van der Waals surface area (Å²) in [6.07, 6.45) is 2.50. The monoisotopic (exact) mass is 271 g/mol. The predicted octanol–water partition coefficient (Wildman–Crippen LogP) is 3.51. The van der Waals surface area contributed by atoms with Crippen LogP contribution in [-0.2, 0) is 17.8 Å². The summed E-state index contributed by atoms with van der Waals surface area (Å²) in [7, 11) is 0. The van der Waals surface area contributed by atoms with Crippen molar-refractivity contribution >= 4 is 5.91 Å². The average Bonchev–Trinajstić information content (AvgIpc) is 2.96. The second-order valence-electron chi connectivity index (χ2n) is 5.23. The Labute approximate surface area is 120 Å². The number of carbonyl (C=O) groups excluding carboxylic acids is 1. The molecule has 1 amide bonds. The topological polar surface area (TPSA) is 33.5 Å². The first kappa shape index (κ1) is 14.4. The Kier molecular flexibility index (Phi) is 4.99. The van der Waals surface area contributed by atoms with E-state index in [0.29, 0.717) is 13.1 Å². The molecule has 3 heteroatoms. The molecule has 0 N–H and O–H groups in total. The number of hydrogen-bond acceptors (Lipinski definition) is 2. The molecule has 106 valence electrons. The third-order valence-corrected chi connectivity index (χ3v) is 3.25. The van der Waals surface area contributed by atoms with E-state index >= 15 is 0 Å². The molecule has 0 aliphatic rings. The molecule has 1 aromatic heterocycles. The van der Waals surface area contributed by atoms with Crippen molar-refractivity contribution in [2.45, 2.75) is 26.8 Å². The lowest BCUT2D eigenvalue weighted by Gasteiger charge is -2.23. The van der Waals surface area contributed by atoms with Crippen LogP contribution >= 0.6 is 0 Å². The molecule has 0 radical (unpaired) electrons. The molecule has 0 fully saturated rings. The fourth-order valence-electron chi connectivity index (χ4n) is 2.13. The van der Waals surface area contributed by atoms with E-state index in [2.05, 4.69) is 12.1 Å². The summed E-state index contributed by atoms with van der Waals surface area (Å²) in [4.78, 5) is 14.1.